The maximum atomic E-state index is 14.4. The molecule has 130 valence electrons. The summed E-state index contributed by atoms with van der Waals surface area (Å²) in [5, 5.41) is 20.4. The van der Waals surface area contributed by atoms with Crippen LogP contribution in [0.1, 0.15) is 25.3 Å². The fraction of sp³-hybridized carbons (Fsp3) is 0.250. The minimum absolute atomic E-state index is 0.0332. The first kappa shape index (κ1) is 17.9. The second kappa shape index (κ2) is 7.00. The lowest BCUT2D eigenvalue weighted by atomic mass is 9.82. The van der Waals surface area contributed by atoms with Crippen molar-refractivity contribution in [1.29, 1.82) is 5.26 Å². The molecule has 1 aliphatic rings. The first-order chi connectivity index (χ1) is 11.8. The number of allylic oxidation sites excluding steroid dienone is 2. The van der Waals surface area contributed by atoms with Crippen molar-refractivity contribution in [2.75, 3.05) is 6.61 Å². The summed E-state index contributed by atoms with van der Waals surface area (Å²) in [5.41, 5.74) is 4.70. The van der Waals surface area contributed by atoms with Crippen LogP contribution in [0.2, 0.25) is 0 Å². The smallest absolute Gasteiger partial charge is 0.338 e. The number of carbonyl (C=O) groups excluding carboxylic acids is 1. The van der Waals surface area contributed by atoms with Crippen molar-refractivity contribution in [3.8, 4) is 6.07 Å². The summed E-state index contributed by atoms with van der Waals surface area (Å²) in [6.45, 7) is 3.03. The Balaban J connectivity index is 2.73. The average Bonchev–Trinajstić information content (AvgIpc) is 2.54. The molecule has 8 nitrogen and oxygen atoms in total. The number of benzene rings is 1. The Kier molecular flexibility index (Phi) is 5.02. The molecule has 0 aromatic heterocycles. The number of esters is 1. The summed E-state index contributed by atoms with van der Waals surface area (Å²) >= 11 is 0. The van der Waals surface area contributed by atoms with Crippen LogP contribution in [0.15, 0.2) is 41.0 Å². The van der Waals surface area contributed by atoms with E-state index in [-0.39, 0.29) is 40.6 Å². The standard InChI is InChI=1S/C16H14FN3O5/c1-3-24-16(21)13-8(2)25-15(19)11(7-18)14(13)10-6-9(20(22)23)4-5-12(10)17/h4-6,14H,3,19H2,1-2H3. The van der Waals surface area contributed by atoms with Gasteiger partial charge in [0.2, 0.25) is 5.88 Å². The van der Waals surface area contributed by atoms with Crippen LogP contribution in [0.5, 0.6) is 0 Å². The second-order valence-electron chi connectivity index (χ2n) is 5.08. The topological polar surface area (TPSA) is 128 Å². The van der Waals surface area contributed by atoms with Crippen LogP contribution in [0.4, 0.5) is 10.1 Å². The summed E-state index contributed by atoms with van der Waals surface area (Å²) in [6.07, 6.45) is 0. The predicted octanol–water partition coefficient (Wildman–Crippen LogP) is 2.38. The van der Waals surface area contributed by atoms with Crippen LogP contribution in [0.25, 0.3) is 0 Å². The lowest BCUT2D eigenvalue weighted by Crippen LogP contribution is -2.26. The first-order valence-corrected chi connectivity index (χ1v) is 7.21. The van der Waals surface area contributed by atoms with E-state index in [1.807, 2.05) is 0 Å². The molecule has 9 heteroatoms. The van der Waals surface area contributed by atoms with Crippen LogP contribution >= 0.6 is 0 Å². The van der Waals surface area contributed by atoms with Gasteiger partial charge in [0.1, 0.15) is 23.2 Å². The Labute approximate surface area is 142 Å². The SMILES string of the molecule is CCOC(=O)C1=C(C)OC(N)=C(C#N)C1c1cc([N+](=O)[O-])ccc1F. The van der Waals surface area contributed by atoms with Crippen LogP contribution < -0.4 is 5.73 Å². The normalized spacial score (nSPS) is 17.0. The van der Waals surface area contributed by atoms with Gasteiger partial charge in [0.15, 0.2) is 0 Å². The van der Waals surface area contributed by atoms with Gasteiger partial charge in [0.05, 0.1) is 23.0 Å². The van der Waals surface area contributed by atoms with Crippen LogP contribution in [-0.2, 0) is 14.3 Å². The highest BCUT2D eigenvalue weighted by atomic mass is 19.1. The third-order valence-electron chi connectivity index (χ3n) is 3.60. The van der Waals surface area contributed by atoms with E-state index in [1.54, 1.807) is 13.0 Å². The summed E-state index contributed by atoms with van der Waals surface area (Å²) in [6, 6.07) is 4.62. The molecule has 0 saturated carbocycles. The molecular weight excluding hydrogens is 333 g/mol. The van der Waals surface area contributed by atoms with E-state index in [9.17, 15) is 24.6 Å². The Bertz CT molecular complexity index is 854. The molecule has 1 aliphatic heterocycles. The van der Waals surface area contributed by atoms with Gasteiger partial charge < -0.3 is 15.2 Å². The number of non-ortho nitro benzene ring substituents is 1. The van der Waals surface area contributed by atoms with Crippen molar-refractivity contribution in [1.82, 2.24) is 0 Å². The van der Waals surface area contributed by atoms with E-state index in [0.717, 1.165) is 18.2 Å². The number of nitro groups is 1. The minimum Gasteiger partial charge on any atom is -0.463 e. The van der Waals surface area contributed by atoms with Gasteiger partial charge in [-0.25, -0.2) is 9.18 Å². The number of nitriles is 1. The van der Waals surface area contributed by atoms with Gasteiger partial charge in [-0.3, -0.25) is 10.1 Å². The number of halogens is 1. The number of rotatable bonds is 4. The number of nitrogens with two attached hydrogens (primary N) is 1. The van der Waals surface area contributed by atoms with E-state index in [1.165, 1.54) is 6.92 Å². The van der Waals surface area contributed by atoms with Crippen LogP contribution in [-0.4, -0.2) is 17.5 Å². The highest BCUT2D eigenvalue weighted by Crippen LogP contribution is 2.41. The zero-order valence-corrected chi connectivity index (χ0v) is 13.4. The molecular formula is C16H14FN3O5. The summed E-state index contributed by atoms with van der Waals surface area (Å²) in [7, 11) is 0. The number of hydrogen-bond donors (Lipinski definition) is 1. The molecule has 0 fully saturated rings. The molecule has 1 heterocycles. The lowest BCUT2D eigenvalue weighted by Gasteiger charge is -2.26. The van der Waals surface area contributed by atoms with Crippen molar-refractivity contribution in [2.24, 2.45) is 5.73 Å². The van der Waals surface area contributed by atoms with Gasteiger partial charge in [-0.05, 0) is 19.9 Å². The largest absolute Gasteiger partial charge is 0.463 e. The van der Waals surface area contributed by atoms with E-state index < -0.39 is 22.6 Å². The quantitative estimate of drug-likeness (QED) is 0.503. The van der Waals surface area contributed by atoms with E-state index >= 15 is 0 Å². The van der Waals surface area contributed by atoms with Gasteiger partial charge >= 0.3 is 5.97 Å². The molecule has 1 unspecified atom stereocenters. The van der Waals surface area contributed by atoms with Crippen molar-refractivity contribution >= 4 is 11.7 Å². The molecule has 2 N–H and O–H groups in total. The summed E-state index contributed by atoms with van der Waals surface area (Å²) in [4.78, 5) is 22.6. The minimum atomic E-state index is -1.27. The molecule has 0 spiro atoms. The summed E-state index contributed by atoms with van der Waals surface area (Å²) < 4.78 is 24.5. The molecule has 2 rings (SSSR count). The Morgan fingerprint density at radius 1 is 1.56 bits per heavy atom. The molecule has 0 aliphatic carbocycles. The number of carbonyl (C=O) groups is 1. The van der Waals surface area contributed by atoms with Gasteiger partial charge in [-0.1, -0.05) is 0 Å². The molecule has 1 atom stereocenters. The zero-order valence-electron chi connectivity index (χ0n) is 13.4. The van der Waals surface area contributed by atoms with Crippen LogP contribution in [0.3, 0.4) is 0 Å². The average molecular weight is 347 g/mol. The number of nitro benzene ring substituents is 1. The molecule has 25 heavy (non-hydrogen) atoms. The molecule has 0 saturated heterocycles. The molecule has 1 aromatic rings. The van der Waals surface area contributed by atoms with E-state index in [4.69, 9.17) is 15.2 Å². The number of nitrogens with zero attached hydrogens (tertiary/aromatic N) is 2. The third-order valence-corrected chi connectivity index (χ3v) is 3.60. The van der Waals surface area contributed by atoms with Crippen molar-refractivity contribution in [3.05, 3.63) is 62.5 Å². The Hall–Kier alpha value is -3.41. The number of hydrogen-bond acceptors (Lipinski definition) is 7. The number of ether oxygens (including phenoxy) is 2. The molecule has 0 bridgehead atoms. The Morgan fingerprint density at radius 2 is 2.24 bits per heavy atom. The van der Waals surface area contributed by atoms with Crippen LogP contribution in [0, 0.1) is 27.3 Å². The second-order valence-corrected chi connectivity index (χ2v) is 5.08. The zero-order chi connectivity index (χ0) is 18.7. The monoisotopic (exact) mass is 347 g/mol. The van der Waals surface area contributed by atoms with E-state index in [0.29, 0.717) is 0 Å². The van der Waals surface area contributed by atoms with E-state index in [2.05, 4.69) is 0 Å². The van der Waals surface area contributed by atoms with Crippen molar-refractivity contribution in [2.45, 2.75) is 19.8 Å². The van der Waals surface area contributed by atoms with Crippen molar-refractivity contribution < 1.29 is 23.6 Å². The Morgan fingerprint density at radius 3 is 2.80 bits per heavy atom. The van der Waals surface area contributed by atoms with Gasteiger partial charge in [-0.2, -0.15) is 5.26 Å². The maximum absolute atomic E-state index is 14.4. The molecule has 0 amide bonds. The lowest BCUT2D eigenvalue weighted by molar-refractivity contribution is -0.385. The molecule has 1 aromatic carbocycles. The van der Waals surface area contributed by atoms with Gasteiger partial charge in [0.25, 0.3) is 5.69 Å². The predicted molar refractivity (Wildman–Crippen MR) is 83.0 cm³/mol. The van der Waals surface area contributed by atoms with Gasteiger partial charge in [0, 0.05) is 17.7 Å². The fourth-order valence-electron chi connectivity index (χ4n) is 2.53. The maximum Gasteiger partial charge on any atom is 0.338 e. The summed E-state index contributed by atoms with van der Waals surface area (Å²) in [5.74, 6) is -3.18. The van der Waals surface area contributed by atoms with Gasteiger partial charge in [-0.15, -0.1) is 0 Å². The first-order valence-electron chi connectivity index (χ1n) is 7.21. The highest BCUT2D eigenvalue weighted by molar-refractivity contribution is 5.92. The highest BCUT2D eigenvalue weighted by Gasteiger charge is 2.38. The fourth-order valence-corrected chi connectivity index (χ4v) is 2.53. The third kappa shape index (κ3) is 3.28. The molecule has 0 radical (unpaired) electrons. The van der Waals surface area contributed by atoms with Crippen molar-refractivity contribution in [3.63, 3.8) is 0 Å².